The molecule has 0 saturated heterocycles. The fraction of sp³-hybridized carbons (Fsp3) is 0.294. The summed E-state index contributed by atoms with van der Waals surface area (Å²) in [4.78, 5) is 2.39. The summed E-state index contributed by atoms with van der Waals surface area (Å²) < 4.78 is 0. The van der Waals surface area contributed by atoms with Crippen LogP contribution in [0.1, 0.15) is 18.1 Å². The Morgan fingerprint density at radius 2 is 1.25 bits per heavy atom. The van der Waals surface area contributed by atoms with Crippen molar-refractivity contribution in [2.45, 2.75) is 25.4 Å². The molecule has 1 atom stereocenters. The molecule has 0 amide bonds. The van der Waals surface area contributed by atoms with Gasteiger partial charge in [-0.1, -0.05) is 60.7 Å². The maximum Gasteiger partial charge on any atom is 0.0435 e. The lowest BCUT2D eigenvalue weighted by molar-refractivity contribution is 0.259. The van der Waals surface area contributed by atoms with E-state index in [0.717, 1.165) is 19.6 Å². The van der Waals surface area contributed by atoms with Gasteiger partial charge in [0.25, 0.3) is 0 Å². The summed E-state index contributed by atoms with van der Waals surface area (Å²) in [5, 5.41) is 0.160. The van der Waals surface area contributed by atoms with Crippen LogP contribution in [0.4, 0.5) is 0 Å². The Labute approximate surface area is 133 Å². The van der Waals surface area contributed by atoms with Crippen molar-refractivity contribution in [2.24, 2.45) is 0 Å². The van der Waals surface area contributed by atoms with E-state index in [4.69, 9.17) is 11.6 Å². The summed E-state index contributed by atoms with van der Waals surface area (Å²) in [6.45, 7) is 4.81. The van der Waals surface area contributed by atoms with Gasteiger partial charge in [0, 0.05) is 25.0 Å². The summed E-state index contributed by atoms with van der Waals surface area (Å²) in [6.07, 6.45) is 0. The van der Waals surface area contributed by atoms with Gasteiger partial charge in [0.15, 0.2) is 0 Å². The van der Waals surface area contributed by atoms with Crippen molar-refractivity contribution in [2.75, 3.05) is 6.54 Å². The molecule has 3 heteroatoms. The summed E-state index contributed by atoms with van der Waals surface area (Å²) >= 11 is 6.16. The largest absolute Gasteiger partial charge is 0.293 e. The lowest BCUT2D eigenvalue weighted by Gasteiger charge is -2.23. The Balaban J connectivity index is 0.00000200. The van der Waals surface area contributed by atoms with Crippen LogP contribution in [0.15, 0.2) is 60.7 Å². The van der Waals surface area contributed by atoms with Gasteiger partial charge < -0.3 is 0 Å². The highest BCUT2D eigenvalue weighted by Gasteiger charge is 2.09. The molecule has 2 aromatic rings. The zero-order chi connectivity index (χ0) is 13.5. The van der Waals surface area contributed by atoms with Gasteiger partial charge in [0.05, 0.1) is 0 Å². The van der Waals surface area contributed by atoms with Crippen LogP contribution in [0.3, 0.4) is 0 Å². The first-order valence-corrected chi connectivity index (χ1v) is 7.12. The third kappa shape index (κ3) is 5.96. The molecule has 0 bridgehead atoms. The van der Waals surface area contributed by atoms with Gasteiger partial charge in [-0.25, -0.2) is 0 Å². The van der Waals surface area contributed by atoms with Gasteiger partial charge in [0.2, 0.25) is 0 Å². The van der Waals surface area contributed by atoms with E-state index in [9.17, 15) is 0 Å². The molecule has 0 radical (unpaired) electrons. The van der Waals surface area contributed by atoms with E-state index in [-0.39, 0.29) is 17.8 Å². The van der Waals surface area contributed by atoms with Crippen molar-refractivity contribution in [3.8, 4) is 0 Å². The molecule has 1 nitrogen and oxygen atoms in total. The molecule has 20 heavy (non-hydrogen) atoms. The molecule has 0 spiro atoms. The average Bonchev–Trinajstić information content (AvgIpc) is 2.40. The lowest BCUT2D eigenvalue weighted by atomic mass is 10.1. The Bertz CT molecular complexity index is 429. The lowest BCUT2D eigenvalue weighted by Crippen LogP contribution is -2.28. The fourth-order valence-corrected chi connectivity index (χ4v) is 2.42. The number of rotatable bonds is 6. The van der Waals surface area contributed by atoms with E-state index in [1.807, 2.05) is 6.92 Å². The summed E-state index contributed by atoms with van der Waals surface area (Å²) in [7, 11) is 0. The quantitative estimate of drug-likeness (QED) is 0.697. The summed E-state index contributed by atoms with van der Waals surface area (Å²) in [5.74, 6) is 0. The Hall–Kier alpha value is -1.02. The molecule has 0 aromatic heterocycles. The molecule has 2 rings (SSSR count). The van der Waals surface area contributed by atoms with Crippen molar-refractivity contribution in [1.82, 2.24) is 4.90 Å². The molecule has 108 valence electrons. The molecule has 0 N–H and O–H groups in total. The zero-order valence-corrected chi connectivity index (χ0v) is 13.3. The van der Waals surface area contributed by atoms with Gasteiger partial charge in [-0.2, -0.15) is 0 Å². The Morgan fingerprint density at radius 1 is 0.850 bits per heavy atom. The van der Waals surface area contributed by atoms with Crippen LogP contribution in [0, 0.1) is 0 Å². The van der Waals surface area contributed by atoms with Gasteiger partial charge in [-0.3, -0.25) is 4.90 Å². The zero-order valence-electron chi connectivity index (χ0n) is 11.7. The minimum absolute atomic E-state index is 0. The number of alkyl halides is 1. The second-order valence-electron chi connectivity index (χ2n) is 4.92. The monoisotopic (exact) mass is 309 g/mol. The molecular formula is C17H21Cl2N. The predicted molar refractivity (Wildman–Crippen MR) is 89.6 cm³/mol. The van der Waals surface area contributed by atoms with E-state index in [1.165, 1.54) is 11.1 Å². The molecule has 1 unspecified atom stereocenters. The first-order valence-electron chi connectivity index (χ1n) is 6.68. The molecule has 0 aliphatic rings. The summed E-state index contributed by atoms with van der Waals surface area (Å²) in [5.41, 5.74) is 2.66. The van der Waals surface area contributed by atoms with E-state index in [2.05, 4.69) is 65.6 Å². The van der Waals surface area contributed by atoms with Gasteiger partial charge in [0.1, 0.15) is 0 Å². The number of nitrogens with zero attached hydrogens (tertiary/aromatic N) is 1. The Morgan fingerprint density at radius 3 is 1.60 bits per heavy atom. The van der Waals surface area contributed by atoms with Crippen LogP contribution < -0.4 is 0 Å². The highest BCUT2D eigenvalue weighted by Crippen LogP contribution is 2.11. The van der Waals surface area contributed by atoms with Crippen LogP contribution in [-0.4, -0.2) is 16.8 Å². The van der Waals surface area contributed by atoms with E-state index < -0.39 is 0 Å². The highest BCUT2D eigenvalue weighted by molar-refractivity contribution is 6.20. The van der Waals surface area contributed by atoms with Crippen molar-refractivity contribution >= 4 is 24.0 Å². The smallest absolute Gasteiger partial charge is 0.0435 e. The van der Waals surface area contributed by atoms with E-state index in [0.29, 0.717) is 0 Å². The van der Waals surface area contributed by atoms with Crippen molar-refractivity contribution in [3.63, 3.8) is 0 Å². The second-order valence-corrected chi connectivity index (χ2v) is 5.67. The molecule has 0 aliphatic heterocycles. The molecule has 0 aliphatic carbocycles. The van der Waals surface area contributed by atoms with Crippen molar-refractivity contribution < 1.29 is 0 Å². The highest BCUT2D eigenvalue weighted by atomic mass is 35.5. The molecule has 0 fully saturated rings. The molecule has 2 aromatic carbocycles. The van der Waals surface area contributed by atoms with E-state index >= 15 is 0 Å². The van der Waals surface area contributed by atoms with Crippen molar-refractivity contribution in [3.05, 3.63) is 71.8 Å². The number of halogens is 2. The van der Waals surface area contributed by atoms with Crippen LogP contribution >= 0.6 is 24.0 Å². The average molecular weight is 310 g/mol. The van der Waals surface area contributed by atoms with Gasteiger partial charge >= 0.3 is 0 Å². The first-order chi connectivity index (χ1) is 9.24. The minimum Gasteiger partial charge on any atom is -0.293 e. The van der Waals surface area contributed by atoms with Gasteiger partial charge in [-0.05, 0) is 18.1 Å². The number of hydrogen-bond donors (Lipinski definition) is 0. The first kappa shape index (κ1) is 17.0. The van der Waals surface area contributed by atoms with E-state index in [1.54, 1.807) is 0 Å². The number of hydrogen-bond acceptors (Lipinski definition) is 1. The Kier molecular flexibility index (Phi) is 7.68. The standard InChI is InChI=1S/C17H20ClN.ClH/c1-15(18)12-19(13-16-8-4-2-5-9-16)14-17-10-6-3-7-11-17;/h2-11,15H,12-14H2,1H3;1H. The predicted octanol–water partition coefficient (Wildman–Crippen LogP) is 4.74. The third-order valence-electron chi connectivity index (χ3n) is 3.01. The topological polar surface area (TPSA) is 3.24 Å². The minimum atomic E-state index is 0. The SMILES string of the molecule is CC(Cl)CN(Cc1ccccc1)Cc1ccccc1.Cl. The van der Waals surface area contributed by atoms with Crippen LogP contribution in [0.2, 0.25) is 0 Å². The van der Waals surface area contributed by atoms with Gasteiger partial charge in [-0.15, -0.1) is 24.0 Å². The fourth-order valence-electron chi connectivity index (χ4n) is 2.22. The normalized spacial score (nSPS) is 11.9. The summed E-state index contributed by atoms with van der Waals surface area (Å²) in [6, 6.07) is 21.1. The van der Waals surface area contributed by atoms with Crippen LogP contribution in [0.25, 0.3) is 0 Å². The van der Waals surface area contributed by atoms with Crippen LogP contribution in [-0.2, 0) is 13.1 Å². The molecule has 0 heterocycles. The third-order valence-corrected chi connectivity index (χ3v) is 3.15. The molecular weight excluding hydrogens is 289 g/mol. The van der Waals surface area contributed by atoms with Crippen LogP contribution in [0.5, 0.6) is 0 Å². The molecule has 0 saturated carbocycles. The maximum absolute atomic E-state index is 6.16. The maximum atomic E-state index is 6.16. The number of benzene rings is 2. The second kappa shape index (κ2) is 9.02. The van der Waals surface area contributed by atoms with Crippen molar-refractivity contribution in [1.29, 1.82) is 0 Å².